The first kappa shape index (κ1) is 39.1. The second-order valence-corrected chi connectivity index (χ2v) is 8.62. The van der Waals surface area contributed by atoms with E-state index in [1.54, 1.807) is 0 Å². The summed E-state index contributed by atoms with van der Waals surface area (Å²) in [7, 11) is 0. The summed E-state index contributed by atoms with van der Waals surface area (Å²) >= 11 is 5.27. The number of esters is 1. The van der Waals surface area contributed by atoms with Crippen LogP contribution in [0.1, 0.15) is 97.3 Å². The molecule has 0 radical (unpaired) electrons. The molecule has 2 fully saturated rings. The summed E-state index contributed by atoms with van der Waals surface area (Å²) in [6.07, 6.45) is 18.3. The first-order valence-corrected chi connectivity index (χ1v) is 12.9. The van der Waals surface area contributed by atoms with Gasteiger partial charge in [-0.1, -0.05) is 58.1 Å². The molecule has 2 saturated heterocycles. The number of carboxylic acids is 1. The van der Waals surface area contributed by atoms with E-state index in [9.17, 15) is 14.7 Å². The van der Waals surface area contributed by atoms with Crippen molar-refractivity contribution in [2.75, 3.05) is 25.7 Å². The summed E-state index contributed by atoms with van der Waals surface area (Å²) in [5, 5.41) is 10.0. The van der Waals surface area contributed by atoms with E-state index in [1.165, 1.54) is 32.1 Å². The zero-order valence-electron chi connectivity index (χ0n) is 21.3. The molecule has 35 heavy (non-hydrogen) atoms. The zero-order chi connectivity index (χ0) is 24.6. The van der Waals surface area contributed by atoms with Gasteiger partial charge in [-0.15, -0.1) is 24.8 Å². The van der Waals surface area contributed by atoms with Crippen LogP contribution in [0.15, 0.2) is 25.3 Å². The third-order valence-corrected chi connectivity index (χ3v) is 5.33. The molecule has 2 atom stereocenters. The van der Waals surface area contributed by atoms with Crippen LogP contribution in [0.25, 0.3) is 0 Å². The van der Waals surface area contributed by atoms with Crippen LogP contribution in [0.5, 0.6) is 0 Å². The van der Waals surface area contributed by atoms with E-state index >= 15 is 0 Å². The Morgan fingerprint density at radius 3 is 1.63 bits per heavy atom. The molecule has 2 heterocycles. The normalized spacial score (nSPS) is 16.5. The molecule has 6 nitrogen and oxygen atoms in total. The van der Waals surface area contributed by atoms with Crippen molar-refractivity contribution in [2.24, 2.45) is 0 Å². The monoisotopic (exact) mass is 526 g/mol. The van der Waals surface area contributed by atoms with Crippen LogP contribution in [0.3, 0.4) is 0 Å². The van der Waals surface area contributed by atoms with E-state index < -0.39 is 5.97 Å². The van der Waals surface area contributed by atoms with Crippen LogP contribution >= 0.6 is 11.6 Å². The van der Waals surface area contributed by atoms with Crippen molar-refractivity contribution in [3.63, 3.8) is 0 Å². The van der Waals surface area contributed by atoms with Crippen molar-refractivity contribution < 1.29 is 58.5 Å². The van der Waals surface area contributed by atoms with Gasteiger partial charge in [0.1, 0.15) is 12.7 Å². The Balaban J connectivity index is -0.000000476. The van der Waals surface area contributed by atoms with Gasteiger partial charge in [-0.05, 0) is 44.9 Å². The number of hydrogen-bond acceptors (Lipinski definition) is 6. The third kappa shape index (κ3) is 35.9. The van der Waals surface area contributed by atoms with Gasteiger partial charge in [-0.25, -0.2) is 0 Å². The maximum atomic E-state index is 11.2. The number of carboxylic acid groups (broad SMARTS) is 1. The fourth-order valence-electron chi connectivity index (χ4n) is 2.76. The quantitative estimate of drug-likeness (QED) is 0.0642. The molecular formula is C27H48ClNaO6. The van der Waals surface area contributed by atoms with Gasteiger partial charge in [0, 0.05) is 12.4 Å². The second kappa shape index (κ2) is 29.9. The first-order chi connectivity index (χ1) is 16.0. The van der Waals surface area contributed by atoms with Crippen LogP contribution < -0.4 is 34.7 Å². The minimum atomic E-state index is -0.930. The number of aliphatic carboxylic acids is 1. The van der Waals surface area contributed by atoms with Crippen molar-refractivity contribution in [3.8, 4) is 0 Å². The number of alkyl halides is 1. The van der Waals surface area contributed by atoms with E-state index in [4.69, 9.17) is 25.8 Å². The summed E-state index contributed by atoms with van der Waals surface area (Å²) in [4.78, 5) is 21.2. The predicted octanol–water partition coefficient (Wildman–Crippen LogP) is 2.76. The third-order valence-electron chi connectivity index (χ3n) is 4.99. The van der Waals surface area contributed by atoms with Gasteiger partial charge in [0.05, 0.1) is 25.2 Å². The Labute approximate surface area is 241 Å². The maximum Gasteiger partial charge on any atom is 1.00 e. The molecule has 0 aliphatic carbocycles. The Morgan fingerprint density at radius 2 is 1.26 bits per heavy atom. The number of allylic oxidation sites excluding steroid dienone is 2. The number of ether oxygens (including phenoxy) is 3. The van der Waals surface area contributed by atoms with Crippen LogP contribution in [0, 0.1) is 0 Å². The number of carbonyl (C=O) groups is 2. The van der Waals surface area contributed by atoms with E-state index in [1.807, 2.05) is 12.2 Å². The number of hydrogen-bond donors (Lipinski definition) is 0. The van der Waals surface area contributed by atoms with Gasteiger partial charge in [0.15, 0.2) is 0 Å². The molecule has 8 heteroatoms. The number of halogens is 1. The summed E-state index contributed by atoms with van der Waals surface area (Å²) < 4.78 is 14.7. The summed E-state index contributed by atoms with van der Waals surface area (Å²) in [6.45, 7) is 9.39. The van der Waals surface area contributed by atoms with E-state index in [-0.39, 0.29) is 55.5 Å². The largest absolute Gasteiger partial charge is 1.00 e. The van der Waals surface area contributed by atoms with E-state index in [0.717, 1.165) is 58.2 Å². The molecule has 200 valence electrons. The van der Waals surface area contributed by atoms with Crippen molar-refractivity contribution >= 4 is 23.5 Å². The maximum absolute atomic E-state index is 11.2. The summed E-state index contributed by atoms with van der Waals surface area (Å²) in [6, 6.07) is 0. The Bertz CT molecular complexity index is 510. The number of unbranched alkanes of at least 4 members (excludes halogenated alkanes) is 10. The molecule has 2 aliphatic rings. The molecule has 2 aliphatic heterocycles. The van der Waals surface area contributed by atoms with Gasteiger partial charge >= 0.3 is 35.5 Å². The van der Waals surface area contributed by atoms with Crippen molar-refractivity contribution in [1.82, 2.24) is 0 Å². The minimum Gasteiger partial charge on any atom is -0.550 e. The summed E-state index contributed by atoms with van der Waals surface area (Å²) in [5.74, 6) is -0.345. The Hall–Kier alpha value is -0.370. The fourth-order valence-corrected chi connectivity index (χ4v) is 2.93. The smallest absolute Gasteiger partial charge is 0.550 e. The van der Waals surface area contributed by atoms with Gasteiger partial charge in [-0.2, -0.15) is 0 Å². The second-order valence-electron chi connectivity index (χ2n) is 8.31. The standard InChI is InChI=1S/C13H22O3.C10H18O2.C3H5ClO.CH4.Na/c1-2-3-4-5-6-7-8-9-13(14)16-11-12-10-15-12;1-2-3-4-5-6-7-8-9-10(11)12;4-1-3-2-5-3;;/h2,12H,1,3-11H2;2H,1,3-9H2,(H,11,12);3H,1-2H2;1H4;/q;;;;+1/p-1. The van der Waals surface area contributed by atoms with Crippen LogP contribution in [0.4, 0.5) is 0 Å². The molecule has 0 aromatic heterocycles. The first-order valence-electron chi connectivity index (χ1n) is 12.4. The number of carbonyl (C=O) groups excluding carboxylic acids is 2. The molecular weight excluding hydrogens is 479 g/mol. The Morgan fingerprint density at radius 1 is 0.829 bits per heavy atom. The van der Waals surface area contributed by atoms with Crippen LogP contribution in [-0.2, 0) is 23.8 Å². The average molecular weight is 527 g/mol. The molecule has 0 amide bonds. The van der Waals surface area contributed by atoms with Crippen molar-refractivity contribution in [2.45, 2.75) is 110 Å². The van der Waals surface area contributed by atoms with Gasteiger partial charge in [0.25, 0.3) is 0 Å². The van der Waals surface area contributed by atoms with Gasteiger partial charge in [-0.3, -0.25) is 4.79 Å². The van der Waals surface area contributed by atoms with Crippen molar-refractivity contribution in [1.29, 1.82) is 0 Å². The molecule has 0 aromatic carbocycles. The average Bonchev–Trinajstić information content (AvgIpc) is 3.71. The van der Waals surface area contributed by atoms with Crippen molar-refractivity contribution in [3.05, 3.63) is 25.3 Å². The topological polar surface area (TPSA) is 91.5 Å². The molecule has 0 aromatic rings. The van der Waals surface area contributed by atoms with Crippen LogP contribution in [-0.4, -0.2) is 49.8 Å². The fraction of sp³-hybridized carbons (Fsp3) is 0.778. The molecule has 0 bridgehead atoms. The van der Waals surface area contributed by atoms with Gasteiger partial charge < -0.3 is 24.1 Å². The Kier molecular flexibility index (Phi) is 33.4. The van der Waals surface area contributed by atoms with E-state index in [2.05, 4.69) is 13.2 Å². The molecule has 0 spiro atoms. The van der Waals surface area contributed by atoms with Gasteiger partial charge in [0.2, 0.25) is 0 Å². The predicted molar refractivity (Wildman–Crippen MR) is 138 cm³/mol. The number of rotatable bonds is 19. The molecule has 0 N–H and O–H groups in total. The van der Waals surface area contributed by atoms with E-state index in [0.29, 0.717) is 25.0 Å². The SMILES string of the molecule is C.C=CCCCCCCCC(=O)OCC1CO1.C=CCCCCCCCC(=O)[O-].ClCC1CO1.[Na+]. The summed E-state index contributed by atoms with van der Waals surface area (Å²) in [5.41, 5.74) is 0. The number of epoxide rings is 2. The van der Waals surface area contributed by atoms with Crippen LogP contribution in [0.2, 0.25) is 0 Å². The molecule has 2 unspecified atom stereocenters. The molecule has 0 saturated carbocycles. The molecule has 2 rings (SSSR count). The zero-order valence-corrected chi connectivity index (χ0v) is 24.0. The minimum absolute atomic E-state index is 0.